The van der Waals surface area contributed by atoms with Crippen LogP contribution in [-0.4, -0.2) is 15.7 Å². The molecule has 1 N–H and O–H groups in total. The summed E-state index contributed by atoms with van der Waals surface area (Å²) in [5.41, 5.74) is 0.720. The van der Waals surface area contributed by atoms with Crippen molar-refractivity contribution >= 4 is 0 Å². The van der Waals surface area contributed by atoms with Crippen molar-refractivity contribution in [3.8, 4) is 0 Å². The van der Waals surface area contributed by atoms with Gasteiger partial charge in [0.15, 0.2) is 0 Å². The molecule has 1 heterocycles. The van der Waals surface area contributed by atoms with Crippen LogP contribution in [0.2, 0.25) is 0 Å². The van der Waals surface area contributed by atoms with Crippen molar-refractivity contribution in [1.29, 1.82) is 0 Å². The number of aliphatic hydroxyl groups is 1. The van der Waals surface area contributed by atoms with Crippen LogP contribution in [0.1, 0.15) is 45.1 Å². The Bertz CT molecular complexity index is 339. The first kappa shape index (κ1) is 12.6. The van der Waals surface area contributed by atoms with E-state index in [2.05, 4.69) is 18.8 Å². The third-order valence-electron chi connectivity index (χ3n) is 4.19. The van der Waals surface area contributed by atoms with Gasteiger partial charge >= 0.3 is 0 Å². The van der Waals surface area contributed by atoms with Gasteiger partial charge in [-0.2, -0.15) is 0 Å². The fourth-order valence-electron chi connectivity index (χ4n) is 2.90. The highest BCUT2D eigenvalue weighted by atomic mass is 16.3. The van der Waals surface area contributed by atoms with Crippen molar-refractivity contribution in [2.45, 2.75) is 51.6 Å². The predicted molar refractivity (Wildman–Crippen MR) is 69.7 cm³/mol. The van der Waals surface area contributed by atoms with Crippen LogP contribution >= 0.6 is 0 Å². The van der Waals surface area contributed by atoms with Gasteiger partial charge in [-0.25, -0.2) is 0 Å². The van der Waals surface area contributed by atoms with E-state index in [9.17, 15) is 5.11 Å². The first-order chi connectivity index (χ1) is 8.09. The van der Waals surface area contributed by atoms with Gasteiger partial charge in [-0.15, -0.1) is 0 Å². The van der Waals surface area contributed by atoms with Gasteiger partial charge in [-0.05, 0) is 55.2 Å². The van der Waals surface area contributed by atoms with Gasteiger partial charge in [0, 0.05) is 18.8 Å². The Morgan fingerprint density at radius 1 is 1.29 bits per heavy atom. The fraction of sp³-hybridized carbons (Fsp3) is 0.667. The number of rotatable bonds is 3. The minimum absolute atomic E-state index is 0.479. The monoisotopic (exact) mass is 233 g/mol. The molecular weight excluding hydrogens is 210 g/mol. The zero-order valence-electron chi connectivity index (χ0n) is 10.9. The summed E-state index contributed by atoms with van der Waals surface area (Å²) in [7, 11) is 0. The van der Waals surface area contributed by atoms with E-state index in [1.165, 1.54) is 18.4 Å². The minimum atomic E-state index is -0.479. The molecule has 0 spiro atoms. The lowest BCUT2D eigenvalue weighted by Gasteiger charge is -2.37. The SMILES string of the molecule is CC(C)C1CCC(O)(Cc2ccncc2)CC1. The van der Waals surface area contributed by atoms with Crippen molar-refractivity contribution in [3.63, 3.8) is 0 Å². The van der Waals surface area contributed by atoms with E-state index in [0.29, 0.717) is 0 Å². The molecule has 1 fully saturated rings. The van der Waals surface area contributed by atoms with Crippen molar-refractivity contribution in [2.75, 3.05) is 0 Å². The molecule has 0 atom stereocenters. The van der Waals surface area contributed by atoms with Gasteiger partial charge < -0.3 is 5.11 Å². The second-order valence-electron chi connectivity index (χ2n) is 5.84. The molecule has 94 valence electrons. The van der Waals surface area contributed by atoms with E-state index in [1.54, 1.807) is 12.4 Å². The quantitative estimate of drug-likeness (QED) is 0.869. The largest absolute Gasteiger partial charge is 0.390 e. The van der Waals surface area contributed by atoms with Crippen molar-refractivity contribution in [1.82, 2.24) is 4.98 Å². The lowest BCUT2D eigenvalue weighted by molar-refractivity contribution is -0.0146. The Kier molecular flexibility index (Phi) is 3.82. The molecule has 0 bridgehead atoms. The third kappa shape index (κ3) is 3.29. The summed E-state index contributed by atoms with van der Waals surface area (Å²) in [5.74, 6) is 1.55. The maximum atomic E-state index is 10.6. The zero-order valence-corrected chi connectivity index (χ0v) is 10.9. The summed E-state index contributed by atoms with van der Waals surface area (Å²) in [6.45, 7) is 4.58. The fourth-order valence-corrected chi connectivity index (χ4v) is 2.90. The molecule has 1 aromatic heterocycles. The topological polar surface area (TPSA) is 33.1 Å². The lowest BCUT2D eigenvalue weighted by Crippen LogP contribution is -2.37. The summed E-state index contributed by atoms with van der Waals surface area (Å²) in [4.78, 5) is 4.01. The van der Waals surface area contributed by atoms with E-state index in [1.807, 2.05) is 12.1 Å². The molecular formula is C15H23NO. The molecule has 1 aliphatic rings. The lowest BCUT2D eigenvalue weighted by atomic mass is 9.72. The van der Waals surface area contributed by atoms with Gasteiger partial charge in [-0.1, -0.05) is 13.8 Å². The summed E-state index contributed by atoms with van der Waals surface area (Å²) < 4.78 is 0. The molecule has 0 amide bonds. The van der Waals surface area contributed by atoms with Gasteiger partial charge in [0.25, 0.3) is 0 Å². The van der Waals surface area contributed by atoms with Crippen LogP contribution in [0.5, 0.6) is 0 Å². The van der Waals surface area contributed by atoms with Crippen LogP contribution in [0.15, 0.2) is 24.5 Å². The van der Waals surface area contributed by atoms with Crippen LogP contribution in [0.4, 0.5) is 0 Å². The highest BCUT2D eigenvalue weighted by Gasteiger charge is 2.33. The third-order valence-corrected chi connectivity index (χ3v) is 4.19. The molecule has 0 saturated heterocycles. The maximum Gasteiger partial charge on any atom is 0.0688 e. The van der Waals surface area contributed by atoms with Gasteiger partial charge in [0.1, 0.15) is 0 Å². The van der Waals surface area contributed by atoms with E-state index in [-0.39, 0.29) is 0 Å². The summed E-state index contributed by atoms with van der Waals surface area (Å²) in [6, 6.07) is 4.01. The first-order valence-corrected chi connectivity index (χ1v) is 6.70. The Hall–Kier alpha value is -0.890. The van der Waals surface area contributed by atoms with E-state index in [4.69, 9.17) is 0 Å². The molecule has 2 rings (SSSR count). The Morgan fingerprint density at radius 2 is 1.88 bits per heavy atom. The minimum Gasteiger partial charge on any atom is -0.390 e. The second-order valence-corrected chi connectivity index (χ2v) is 5.84. The standard InChI is InChI=1S/C15H23NO/c1-12(2)14-3-7-15(17,8-4-14)11-13-5-9-16-10-6-13/h5-6,9-10,12,14,17H,3-4,7-8,11H2,1-2H3. The van der Waals surface area contributed by atoms with E-state index >= 15 is 0 Å². The summed E-state index contributed by atoms with van der Waals surface area (Å²) in [6.07, 6.45) is 8.60. The molecule has 1 saturated carbocycles. The van der Waals surface area contributed by atoms with Crippen molar-refractivity contribution < 1.29 is 5.11 Å². The number of hydrogen-bond donors (Lipinski definition) is 1. The first-order valence-electron chi connectivity index (χ1n) is 6.70. The van der Waals surface area contributed by atoms with Crippen molar-refractivity contribution in [3.05, 3.63) is 30.1 Å². The molecule has 17 heavy (non-hydrogen) atoms. The van der Waals surface area contributed by atoms with E-state index in [0.717, 1.165) is 31.1 Å². The number of aromatic nitrogens is 1. The highest BCUT2D eigenvalue weighted by Crippen LogP contribution is 2.37. The van der Waals surface area contributed by atoms with Crippen LogP contribution < -0.4 is 0 Å². The average molecular weight is 233 g/mol. The molecule has 0 radical (unpaired) electrons. The molecule has 0 aromatic carbocycles. The van der Waals surface area contributed by atoms with Crippen LogP contribution in [0.3, 0.4) is 0 Å². The summed E-state index contributed by atoms with van der Waals surface area (Å²) in [5, 5.41) is 10.6. The number of hydrogen-bond acceptors (Lipinski definition) is 2. The molecule has 2 nitrogen and oxygen atoms in total. The zero-order chi connectivity index (χ0) is 12.3. The highest BCUT2D eigenvalue weighted by molar-refractivity contribution is 5.13. The van der Waals surface area contributed by atoms with Crippen LogP contribution in [0, 0.1) is 11.8 Å². The Morgan fingerprint density at radius 3 is 2.41 bits per heavy atom. The second kappa shape index (κ2) is 5.18. The molecule has 2 heteroatoms. The normalized spacial score (nSPS) is 29.5. The van der Waals surface area contributed by atoms with Crippen LogP contribution in [0.25, 0.3) is 0 Å². The van der Waals surface area contributed by atoms with Gasteiger partial charge in [-0.3, -0.25) is 4.98 Å². The molecule has 0 unspecified atom stereocenters. The molecule has 0 aliphatic heterocycles. The number of pyridine rings is 1. The predicted octanol–water partition coefficient (Wildman–Crippen LogP) is 3.20. The number of nitrogens with zero attached hydrogens (tertiary/aromatic N) is 1. The molecule has 1 aromatic rings. The average Bonchev–Trinajstić information content (AvgIpc) is 2.30. The van der Waals surface area contributed by atoms with Gasteiger partial charge in [0.05, 0.1) is 5.60 Å². The van der Waals surface area contributed by atoms with Gasteiger partial charge in [0.2, 0.25) is 0 Å². The maximum absolute atomic E-state index is 10.6. The Labute approximate surface area is 104 Å². The smallest absolute Gasteiger partial charge is 0.0688 e. The van der Waals surface area contributed by atoms with Crippen LogP contribution in [-0.2, 0) is 6.42 Å². The van der Waals surface area contributed by atoms with Crippen molar-refractivity contribution in [2.24, 2.45) is 11.8 Å². The van der Waals surface area contributed by atoms with E-state index < -0.39 is 5.60 Å². The molecule has 1 aliphatic carbocycles. The Balaban J connectivity index is 1.94. The summed E-state index contributed by atoms with van der Waals surface area (Å²) >= 11 is 0.